The number of hydrogen-bond acceptors (Lipinski definition) is 4. The zero-order chi connectivity index (χ0) is 20.5. The Balaban J connectivity index is 0.00000676. The van der Waals surface area contributed by atoms with E-state index in [1.54, 1.807) is 27.2 Å². The molecular formula is C18H28Cl4N2O3. The molecule has 0 N–H and O–H groups in total. The molecule has 1 aromatic rings. The van der Waals surface area contributed by atoms with E-state index in [9.17, 15) is 4.79 Å². The van der Waals surface area contributed by atoms with Crippen molar-refractivity contribution in [2.75, 3.05) is 26.1 Å². The maximum absolute atomic E-state index is 12.9. The van der Waals surface area contributed by atoms with Gasteiger partial charge < -0.3 is 26.8 Å². The minimum atomic E-state index is -1.77. The molecule has 1 aromatic heterocycles. The van der Waals surface area contributed by atoms with Gasteiger partial charge in [0.25, 0.3) is 0 Å². The van der Waals surface area contributed by atoms with Gasteiger partial charge in [-0.25, -0.2) is 0 Å². The molecule has 5 nitrogen and oxygen atoms in total. The standard InChI is InChI=1S/C18H28Cl3N2O3.ClH/c1-16(2,3)14(25-8)13-11-12(22(6)7)9-10-23(13)15(24)26-17(4,5)18(19,20)21;/h9-11,14H,1-8H3;1H/q+1;/p-1/t14-;/m0./s1. The van der Waals surface area contributed by atoms with E-state index < -0.39 is 15.5 Å². The molecule has 0 aliphatic heterocycles. The van der Waals surface area contributed by atoms with E-state index in [1.807, 2.05) is 51.9 Å². The smallest absolute Gasteiger partial charge is 0.602 e. The number of methoxy groups -OCH3 is 1. The first-order valence-corrected chi connectivity index (χ1v) is 9.31. The molecule has 0 saturated carbocycles. The molecule has 1 atom stereocenters. The van der Waals surface area contributed by atoms with Crippen molar-refractivity contribution in [2.45, 2.75) is 50.1 Å². The minimum Gasteiger partial charge on any atom is -1.00 e. The molecule has 156 valence electrons. The molecule has 0 fully saturated rings. The summed E-state index contributed by atoms with van der Waals surface area (Å²) >= 11 is 17.8. The maximum Gasteiger partial charge on any atom is 0.602 e. The van der Waals surface area contributed by atoms with Crippen LogP contribution in [0.25, 0.3) is 0 Å². The van der Waals surface area contributed by atoms with Crippen molar-refractivity contribution in [3.05, 3.63) is 24.0 Å². The molecule has 1 rings (SSSR count). The van der Waals surface area contributed by atoms with E-state index in [2.05, 4.69) is 0 Å². The topological polar surface area (TPSA) is 42.7 Å². The van der Waals surface area contributed by atoms with E-state index in [0.717, 1.165) is 5.69 Å². The van der Waals surface area contributed by atoms with Crippen molar-refractivity contribution in [2.24, 2.45) is 5.41 Å². The fraction of sp³-hybridized carbons (Fsp3) is 0.667. The lowest BCUT2D eigenvalue weighted by atomic mass is 9.86. The number of rotatable bonds is 4. The van der Waals surface area contributed by atoms with Crippen LogP contribution in [-0.4, -0.2) is 36.7 Å². The highest BCUT2D eigenvalue weighted by Gasteiger charge is 2.47. The highest BCUT2D eigenvalue weighted by atomic mass is 35.6. The summed E-state index contributed by atoms with van der Waals surface area (Å²) < 4.78 is 10.8. The zero-order valence-electron chi connectivity index (χ0n) is 16.9. The van der Waals surface area contributed by atoms with Gasteiger partial charge in [-0.1, -0.05) is 60.1 Å². The number of hydrogen-bond donors (Lipinski definition) is 0. The third kappa shape index (κ3) is 6.53. The normalized spacial score (nSPS) is 13.6. The van der Waals surface area contributed by atoms with Crippen LogP contribution in [0.4, 0.5) is 10.5 Å². The van der Waals surface area contributed by atoms with Crippen LogP contribution in [0, 0.1) is 5.41 Å². The average molecular weight is 462 g/mol. The summed E-state index contributed by atoms with van der Waals surface area (Å²) in [5, 5.41) is 0. The van der Waals surface area contributed by atoms with Gasteiger partial charge in [0.1, 0.15) is 6.10 Å². The molecule has 0 aliphatic carbocycles. The highest BCUT2D eigenvalue weighted by molar-refractivity contribution is 6.68. The fourth-order valence-corrected chi connectivity index (χ4v) is 2.51. The average Bonchev–Trinajstić information content (AvgIpc) is 2.44. The summed E-state index contributed by atoms with van der Waals surface area (Å²) in [6, 6.07) is 3.70. The molecule has 0 saturated heterocycles. The third-order valence-corrected chi connectivity index (χ3v) is 5.36. The van der Waals surface area contributed by atoms with E-state index in [-0.39, 0.29) is 23.9 Å². The van der Waals surface area contributed by atoms with Gasteiger partial charge in [0.2, 0.25) is 9.49 Å². The number of carbonyl (C=O) groups is 1. The molecule has 0 bridgehead atoms. The summed E-state index contributed by atoms with van der Waals surface area (Å²) in [7, 11) is 5.46. The van der Waals surface area contributed by atoms with Gasteiger partial charge in [-0.05, 0) is 19.3 Å². The lowest BCUT2D eigenvalue weighted by molar-refractivity contribution is -0.602. The number of alkyl halides is 3. The molecular weight excluding hydrogens is 434 g/mol. The Kier molecular flexibility index (Phi) is 9.20. The molecule has 0 unspecified atom stereocenters. The highest BCUT2D eigenvalue weighted by Crippen LogP contribution is 2.40. The first-order valence-electron chi connectivity index (χ1n) is 8.17. The first-order chi connectivity index (χ1) is 11.6. The second-order valence-corrected chi connectivity index (χ2v) is 10.2. The van der Waals surface area contributed by atoms with Crippen molar-refractivity contribution < 1.29 is 31.2 Å². The summed E-state index contributed by atoms with van der Waals surface area (Å²) in [4.78, 5) is 14.8. The van der Waals surface area contributed by atoms with Crippen LogP contribution >= 0.6 is 34.8 Å². The molecule has 0 spiro atoms. The van der Waals surface area contributed by atoms with Crippen molar-refractivity contribution in [3.8, 4) is 0 Å². The summed E-state index contributed by atoms with van der Waals surface area (Å²) in [6.07, 6.45) is 0.637. The number of ether oxygens (including phenoxy) is 2. The van der Waals surface area contributed by atoms with Crippen LogP contribution in [0.5, 0.6) is 0 Å². The van der Waals surface area contributed by atoms with Gasteiger partial charge in [0.05, 0.1) is 0 Å². The predicted octanol–water partition coefficient (Wildman–Crippen LogP) is 1.91. The van der Waals surface area contributed by atoms with Crippen molar-refractivity contribution >= 4 is 46.6 Å². The van der Waals surface area contributed by atoms with Crippen molar-refractivity contribution in [3.63, 3.8) is 0 Å². The molecule has 0 aromatic carbocycles. The Bertz CT molecular complexity index is 653. The second kappa shape index (κ2) is 9.36. The van der Waals surface area contributed by atoms with Crippen LogP contribution in [0.2, 0.25) is 0 Å². The number of anilines is 1. The minimum absolute atomic E-state index is 0. The number of halogens is 4. The predicted molar refractivity (Wildman–Crippen MR) is 106 cm³/mol. The maximum atomic E-state index is 12.9. The summed E-state index contributed by atoms with van der Waals surface area (Å²) in [5.74, 6) is 0. The molecule has 0 amide bonds. The molecule has 27 heavy (non-hydrogen) atoms. The van der Waals surface area contributed by atoms with E-state index in [4.69, 9.17) is 44.3 Å². The SMILES string of the molecule is CO[C@@H](c1cc(N(C)C)cc[n+]1C(=O)OC(C)(C)C(Cl)(Cl)Cl)C(C)(C)C.[Cl-]. The van der Waals surface area contributed by atoms with Crippen LogP contribution < -0.4 is 21.9 Å². The van der Waals surface area contributed by atoms with Gasteiger partial charge in [-0.2, -0.15) is 4.79 Å². The van der Waals surface area contributed by atoms with Gasteiger partial charge >= 0.3 is 6.09 Å². The Morgan fingerprint density at radius 2 is 1.67 bits per heavy atom. The quantitative estimate of drug-likeness (QED) is 0.507. The van der Waals surface area contributed by atoms with Gasteiger partial charge in [0.15, 0.2) is 11.8 Å². The van der Waals surface area contributed by atoms with Crippen LogP contribution in [0.3, 0.4) is 0 Å². The first kappa shape index (κ1) is 26.5. The summed E-state index contributed by atoms with van der Waals surface area (Å²) in [6.45, 7) is 9.19. The zero-order valence-corrected chi connectivity index (χ0v) is 20.0. The third-order valence-electron chi connectivity index (χ3n) is 4.00. The van der Waals surface area contributed by atoms with Crippen molar-refractivity contribution in [1.82, 2.24) is 0 Å². The Labute approximate surface area is 183 Å². The van der Waals surface area contributed by atoms with Crippen LogP contribution in [-0.2, 0) is 9.47 Å². The van der Waals surface area contributed by atoms with Crippen LogP contribution in [0.1, 0.15) is 46.4 Å². The van der Waals surface area contributed by atoms with E-state index >= 15 is 0 Å². The van der Waals surface area contributed by atoms with E-state index in [1.165, 1.54) is 4.57 Å². The van der Waals surface area contributed by atoms with E-state index in [0.29, 0.717) is 5.69 Å². The van der Waals surface area contributed by atoms with Crippen LogP contribution in [0.15, 0.2) is 18.3 Å². The van der Waals surface area contributed by atoms with Gasteiger partial charge in [0, 0.05) is 39.0 Å². The Morgan fingerprint density at radius 1 is 1.15 bits per heavy atom. The number of aromatic nitrogens is 1. The molecule has 0 radical (unpaired) electrons. The Hall–Kier alpha value is -0.460. The number of pyridine rings is 1. The largest absolute Gasteiger partial charge is 1.00 e. The lowest BCUT2D eigenvalue weighted by Gasteiger charge is -2.31. The van der Waals surface area contributed by atoms with Gasteiger partial charge in [-0.15, -0.1) is 0 Å². The van der Waals surface area contributed by atoms with Gasteiger partial charge in [-0.3, -0.25) is 0 Å². The molecule has 0 aliphatic rings. The number of carbonyl (C=O) groups excluding carboxylic acids is 1. The lowest BCUT2D eigenvalue weighted by Crippen LogP contribution is -3.00. The second-order valence-electron chi connectivity index (χ2n) is 7.93. The van der Waals surface area contributed by atoms with Crippen molar-refractivity contribution in [1.29, 1.82) is 0 Å². The molecule has 1 heterocycles. The summed E-state index contributed by atoms with van der Waals surface area (Å²) in [5.41, 5.74) is 0.00278. The Morgan fingerprint density at radius 3 is 2.04 bits per heavy atom. The fourth-order valence-electron chi connectivity index (χ4n) is 2.40. The monoisotopic (exact) mass is 460 g/mol. The number of nitrogens with zero attached hydrogens (tertiary/aromatic N) is 2. The molecule has 9 heteroatoms.